The molecule has 0 bridgehead atoms. The maximum absolute atomic E-state index is 12.3. The third-order valence-electron chi connectivity index (χ3n) is 4.12. The summed E-state index contributed by atoms with van der Waals surface area (Å²) in [6.45, 7) is 0.913. The van der Waals surface area contributed by atoms with Crippen molar-refractivity contribution in [1.29, 1.82) is 0 Å². The summed E-state index contributed by atoms with van der Waals surface area (Å²) >= 11 is 0. The van der Waals surface area contributed by atoms with Crippen LogP contribution in [-0.2, 0) is 11.3 Å². The Hall–Kier alpha value is -3.62. The summed E-state index contributed by atoms with van der Waals surface area (Å²) < 4.78 is 16.3. The average molecular weight is 386 g/mol. The fourth-order valence-electron chi connectivity index (χ4n) is 2.67. The van der Waals surface area contributed by atoms with E-state index in [1.807, 2.05) is 12.1 Å². The Morgan fingerprint density at radius 1 is 1.21 bits per heavy atom. The number of likely N-dealkylation sites (N-methyl/N-ethyl adjacent to an activating group) is 1. The van der Waals surface area contributed by atoms with E-state index in [9.17, 15) is 19.7 Å². The van der Waals surface area contributed by atoms with Crippen molar-refractivity contribution in [2.45, 2.75) is 6.54 Å². The van der Waals surface area contributed by atoms with Gasteiger partial charge in [0.05, 0.1) is 4.92 Å². The molecule has 0 N–H and O–H groups in total. The molecule has 1 amide bonds. The van der Waals surface area contributed by atoms with Gasteiger partial charge in [-0.2, -0.15) is 0 Å². The minimum absolute atomic E-state index is 0.0725. The van der Waals surface area contributed by atoms with Crippen molar-refractivity contribution in [3.8, 4) is 17.2 Å². The smallest absolute Gasteiger partial charge is 0.311 e. The molecule has 0 spiro atoms. The molecule has 0 atom stereocenters. The van der Waals surface area contributed by atoms with Crippen LogP contribution in [0.25, 0.3) is 0 Å². The predicted octanol–water partition coefficient (Wildman–Crippen LogP) is 2.22. The summed E-state index contributed by atoms with van der Waals surface area (Å²) in [6.07, 6.45) is 0.503. The first-order chi connectivity index (χ1) is 13.5. The topological polar surface area (TPSA) is 108 Å². The van der Waals surface area contributed by atoms with Crippen LogP contribution in [0.15, 0.2) is 36.4 Å². The molecular weight excluding hydrogens is 368 g/mol. The van der Waals surface area contributed by atoms with Crippen LogP contribution in [0.5, 0.6) is 17.2 Å². The van der Waals surface area contributed by atoms with Gasteiger partial charge in [-0.05, 0) is 29.8 Å². The number of nitro groups is 1. The van der Waals surface area contributed by atoms with Crippen LogP contribution in [0.4, 0.5) is 5.69 Å². The molecule has 0 saturated heterocycles. The van der Waals surface area contributed by atoms with E-state index in [2.05, 4.69) is 0 Å². The molecule has 0 radical (unpaired) electrons. The summed E-state index contributed by atoms with van der Waals surface area (Å²) in [6, 6.07) is 9.22. The Labute approximate surface area is 160 Å². The number of amides is 1. The molecule has 146 valence electrons. The van der Waals surface area contributed by atoms with E-state index < -0.39 is 4.92 Å². The number of nitro benzene ring substituents is 1. The summed E-state index contributed by atoms with van der Waals surface area (Å²) in [4.78, 5) is 35.0. The third-order valence-corrected chi connectivity index (χ3v) is 4.12. The molecule has 1 aliphatic heterocycles. The van der Waals surface area contributed by atoms with Crippen LogP contribution < -0.4 is 14.2 Å². The SMILES string of the molecule is CN(Cc1ccc2c(c1)OCCO2)C(=O)COc1ccc(C=O)cc1[N+](=O)[O-]. The van der Waals surface area contributed by atoms with Crippen molar-refractivity contribution in [3.63, 3.8) is 0 Å². The van der Waals surface area contributed by atoms with Gasteiger partial charge in [0.15, 0.2) is 23.9 Å². The molecule has 2 aromatic rings. The number of nitrogens with zero attached hydrogens (tertiary/aromatic N) is 2. The van der Waals surface area contributed by atoms with E-state index in [0.29, 0.717) is 37.5 Å². The van der Waals surface area contributed by atoms with Crippen LogP contribution in [0.3, 0.4) is 0 Å². The quantitative estimate of drug-likeness (QED) is 0.408. The molecule has 28 heavy (non-hydrogen) atoms. The van der Waals surface area contributed by atoms with Gasteiger partial charge in [0.2, 0.25) is 0 Å². The molecule has 0 aliphatic carbocycles. The van der Waals surface area contributed by atoms with E-state index >= 15 is 0 Å². The first-order valence-electron chi connectivity index (χ1n) is 8.47. The number of hydrogen-bond acceptors (Lipinski definition) is 7. The van der Waals surface area contributed by atoms with Crippen molar-refractivity contribution in [2.24, 2.45) is 0 Å². The lowest BCUT2D eigenvalue weighted by atomic mass is 10.2. The lowest BCUT2D eigenvalue weighted by Crippen LogP contribution is -2.31. The van der Waals surface area contributed by atoms with Gasteiger partial charge in [0, 0.05) is 25.2 Å². The molecule has 1 heterocycles. The number of aldehydes is 1. The summed E-state index contributed by atoms with van der Waals surface area (Å²) in [5.41, 5.74) is 0.634. The highest BCUT2D eigenvalue weighted by Crippen LogP contribution is 2.31. The fourth-order valence-corrected chi connectivity index (χ4v) is 2.67. The number of carbonyl (C=O) groups excluding carboxylic acids is 2. The van der Waals surface area contributed by atoms with Crippen molar-refractivity contribution in [3.05, 3.63) is 57.6 Å². The highest BCUT2D eigenvalue weighted by molar-refractivity contribution is 5.79. The molecule has 1 aliphatic rings. The second kappa shape index (κ2) is 8.38. The van der Waals surface area contributed by atoms with E-state index in [4.69, 9.17) is 14.2 Å². The van der Waals surface area contributed by atoms with Gasteiger partial charge in [-0.1, -0.05) is 6.07 Å². The van der Waals surface area contributed by atoms with Gasteiger partial charge in [-0.25, -0.2) is 0 Å². The largest absolute Gasteiger partial charge is 0.486 e. The average Bonchev–Trinajstić information content (AvgIpc) is 2.71. The summed E-state index contributed by atoms with van der Waals surface area (Å²) in [5.74, 6) is 0.866. The lowest BCUT2D eigenvalue weighted by molar-refractivity contribution is -0.385. The minimum Gasteiger partial charge on any atom is -0.486 e. The number of fused-ring (bicyclic) bond motifs is 1. The highest BCUT2D eigenvalue weighted by atomic mass is 16.6. The van der Waals surface area contributed by atoms with Crippen molar-refractivity contribution >= 4 is 17.9 Å². The van der Waals surface area contributed by atoms with Crippen LogP contribution in [0, 0.1) is 10.1 Å². The van der Waals surface area contributed by atoms with Gasteiger partial charge >= 0.3 is 5.69 Å². The molecule has 0 fully saturated rings. The third kappa shape index (κ3) is 4.37. The van der Waals surface area contributed by atoms with E-state index in [1.54, 1.807) is 13.1 Å². The molecule has 9 heteroatoms. The maximum Gasteiger partial charge on any atom is 0.311 e. The fraction of sp³-hybridized carbons (Fsp3) is 0.263. The van der Waals surface area contributed by atoms with Crippen molar-refractivity contribution < 1.29 is 28.7 Å². The highest BCUT2D eigenvalue weighted by Gasteiger charge is 2.19. The molecule has 9 nitrogen and oxygen atoms in total. The zero-order valence-electron chi connectivity index (χ0n) is 15.1. The Kier molecular flexibility index (Phi) is 5.73. The Bertz CT molecular complexity index is 913. The number of carbonyl (C=O) groups is 2. The van der Waals surface area contributed by atoms with Crippen molar-refractivity contribution in [1.82, 2.24) is 4.90 Å². The molecule has 0 aromatic heterocycles. The van der Waals surface area contributed by atoms with Gasteiger partial charge in [0.25, 0.3) is 5.91 Å². The zero-order chi connectivity index (χ0) is 20.1. The van der Waals surface area contributed by atoms with Crippen LogP contribution in [-0.4, -0.2) is 48.9 Å². The molecule has 2 aromatic carbocycles. The minimum atomic E-state index is -0.661. The molecular formula is C19H18N2O7. The first kappa shape index (κ1) is 19.2. The van der Waals surface area contributed by atoms with Crippen LogP contribution in [0.1, 0.15) is 15.9 Å². The Morgan fingerprint density at radius 2 is 1.96 bits per heavy atom. The van der Waals surface area contributed by atoms with Gasteiger partial charge in [0.1, 0.15) is 19.5 Å². The second-order valence-electron chi connectivity index (χ2n) is 6.12. The molecule has 3 rings (SSSR count). The Morgan fingerprint density at radius 3 is 2.68 bits per heavy atom. The van der Waals surface area contributed by atoms with E-state index in [1.165, 1.54) is 17.0 Å². The number of hydrogen-bond donors (Lipinski definition) is 0. The summed E-state index contributed by atoms with van der Waals surface area (Å²) in [5, 5.41) is 11.1. The maximum atomic E-state index is 12.3. The summed E-state index contributed by atoms with van der Waals surface area (Å²) in [7, 11) is 1.60. The monoisotopic (exact) mass is 386 g/mol. The van der Waals surface area contributed by atoms with E-state index in [0.717, 1.165) is 11.6 Å². The van der Waals surface area contributed by atoms with E-state index in [-0.39, 0.29) is 29.5 Å². The van der Waals surface area contributed by atoms with Gasteiger partial charge < -0.3 is 19.1 Å². The molecule has 0 saturated carbocycles. The van der Waals surface area contributed by atoms with Gasteiger partial charge in [-0.3, -0.25) is 19.7 Å². The first-order valence-corrected chi connectivity index (χ1v) is 8.47. The Balaban J connectivity index is 1.62. The standard InChI is InChI=1S/C19H18N2O7/c1-20(10-13-2-5-17-18(9-13)27-7-6-26-17)19(23)12-28-16-4-3-14(11-22)8-15(16)21(24)25/h2-5,8-9,11H,6-7,10,12H2,1H3. The molecule has 0 unspecified atom stereocenters. The lowest BCUT2D eigenvalue weighted by Gasteiger charge is -2.21. The zero-order valence-corrected chi connectivity index (χ0v) is 15.1. The number of rotatable bonds is 7. The van der Waals surface area contributed by atoms with Crippen LogP contribution >= 0.6 is 0 Å². The van der Waals surface area contributed by atoms with Gasteiger partial charge in [-0.15, -0.1) is 0 Å². The normalized spacial score (nSPS) is 12.2. The van der Waals surface area contributed by atoms with Crippen LogP contribution in [0.2, 0.25) is 0 Å². The predicted molar refractivity (Wildman–Crippen MR) is 97.9 cm³/mol. The second-order valence-corrected chi connectivity index (χ2v) is 6.12. The number of ether oxygens (including phenoxy) is 3. The number of benzene rings is 2. The van der Waals surface area contributed by atoms with Crippen molar-refractivity contribution in [2.75, 3.05) is 26.9 Å².